The Morgan fingerprint density at radius 3 is 2.52 bits per heavy atom. The highest BCUT2D eigenvalue weighted by Gasteiger charge is 2.49. The van der Waals surface area contributed by atoms with Crippen LogP contribution in [0.25, 0.3) is 0 Å². The van der Waals surface area contributed by atoms with Crippen molar-refractivity contribution in [1.82, 2.24) is 25.0 Å². The van der Waals surface area contributed by atoms with Crippen LogP contribution < -0.4 is 10.6 Å². The van der Waals surface area contributed by atoms with Gasteiger partial charge in [0.2, 0.25) is 5.91 Å². The van der Waals surface area contributed by atoms with Gasteiger partial charge < -0.3 is 10.6 Å². The van der Waals surface area contributed by atoms with E-state index in [2.05, 4.69) is 20.7 Å². The summed E-state index contributed by atoms with van der Waals surface area (Å²) >= 11 is 0. The van der Waals surface area contributed by atoms with Gasteiger partial charge in [-0.1, -0.05) is 13.8 Å². The second-order valence-electron chi connectivity index (χ2n) is 6.41. The maximum atomic E-state index is 12.5. The van der Waals surface area contributed by atoms with Crippen LogP contribution in [0.2, 0.25) is 0 Å². The lowest BCUT2D eigenvalue weighted by Gasteiger charge is -2.22. The lowest BCUT2D eigenvalue weighted by molar-refractivity contribution is -0.134. The maximum Gasteiger partial charge on any atom is 0.325 e. The number of pyridine rings is 1. The van der Waals surface area contributed by atoms with Gasteiger partial charge in [0.1, 0.15) is 12.1 Å². The van der Waals surface area contributed by atoms with E-state index >= 15 is 0 Å². The molecule has 2 N–H and O–H groups in total. The van der Waals surface area contributed by atoms with Crippen molar-refractivity contribution in [3.05, 3.63) is 42.4 Å². The Hall–Kier alpha value is -3.23. The molecule has 2 aromatic heterocycles. The predicted octanol–water partition coefficient (Wildman–Crippen LogP) is 1.38. The maximum absolute atomic E-state index is 12.5. The van der Waals surface area contributed by atoms with Crippen LogP contribution >= 0.6 is 0 Å². The van der Waals surface area contributed by atoms with Crippen molar-refractivity contribution in [2.24, 2.45) is 0 Å². The molecule has 3 heterocycles. The Labute approximate surface area is 156 Å². The van der Waals surface area contributed by atoms with Crippen LogP contribution in [0.5, 0.6) is 0 Å². The van der Waals surface area contributed by atoms with Crippen molar-refractivity contribution in [1.29, 1.82) is 0 Å². The lowest BCUT2D eigenvalue weighted by Crippen LogP contribution is -2.46. The molecule has 142 valence electrons. The van der Waals surface area contributed by atoms with Gasteiger partial charge in [-0.3, -0.25) is 24.2 Å². The molecule has 0 unspecified atom stereocenters. The molecule has 9 nitrogen and oxygen atoms in total. The van der Waals surface area contributed by atoms with Gasteiger partial charge in [0.15, 0.2) is 5.82 Å². The third-order valence-electron chi connectivity index (χ3n) is 4.76. The highest BCUT2D eigenvalue weighted by molar-refractivity contribution is 6.10. The van der Waals surface area contributed by atoms with Crippen LogP contribution in [0.15, 0.2) is 36.8 Å². The second kappa shape index (κ2) is 7.56. The minimum atomic E-state index is -0.913. The van der Waals surface area contributed by atoms with E-state index in [1.165, 1.54) is 0 Å². The molecule has 0 radical (unpaired) electrons. The van der Waals surface area contributed by atoms with Crippen molar-refractivity contribution in [3.63, 3.8) is 0 Å². The molecule has 27 heavy (non-hydrogen) atoms. The number of aromatic nitrogens is 3. The van der Waals surface area contributed by atoms with Crippen molar-refractivity contribution in [2.45, 2.75) is 38.8 Å². The minimum Gasteiger partial charge on any atom is -0.323 e. The van der Waals surface area contributed by atoms with Crippen molar-refractivity contribution >= 4 is 23.7 Å². The molecule has 0 spiro atoms. The van der Waals surface area contributed by atoms with E-state index in [1.807, 2.05) is 26.0 Å². The topological polar surface area (TPSA) is 109 Å². The van der Waals surface area contributed by atoms with E-state index < -0.39 is 17.5 Å². The van der Waals surface area contributed by atoms with Crippen LogP contribution in [0, 0.1) is 0 Å². The molecular formula is C18H22N6O3. The highest BCUT2D eigenvalue weighted by Crippen LogP contribution is 2.24. The molecular weight excluding hydrogens is 348 g/mol. The Balaban J connectivity index is 1.60. The van der Waals surface area contributed by atoms with Gasteiger partial charge in [-0.25, -0.2) is 4.79 Å². The first-order chi connectivity index (χ1) is 13.0. The Morgan fingerprint density at radius 1 is 1.19 bits per heavy atom. The monoisotopic (exact) mass is 370 g/mol. The number of carbonyl (C=O) groups is 3. The van der Waals surface area contributed by atoms with Crippen molar-refractivity contribution in [3.8, 4) is 0 Å². The SMILES string of the molecule is CCC1(CC)NC(=O)N(CC(=O)Nc2ccn(Cc3ccncc3)n2)C1=O. The quantitative estimate of drug-likeness (QED) is 0.716. The molecule has 9 heteroatoms. The number of anilines is 1. The predicted molar refractivity (Wildman–Crippen MR) is 97.8 cm³/mol. The summed E-state index contributed by atoms with van der Waals surface area (Å²) in [7, 11) is 0. The molecule has 4 amide bonds. The van der Waals surface area contributed by atoms with Gasteiger partial charge in [-0.05, 0) is 30.5 Å². The van der Waals surface area contributed by atoms with Crippen LogP contribution in [0.3, 0.4) is 0 Å². The van der Waals surface area contributed by atoms with E-state index in [9.17, 15) is 14.4 Å². The Bertz CT molecular complexity index is 844. The smallest absolute Gasteiger partial charge is 0.323 e. The molecule has 0 bridgehead atoms. The molecule has 0 atom stereocenters. The van der Waals surface area contributed by atoms with Gasteiger partial charge in [0.25, 0.3) is 5.91 Å². The highest BCUT2D eigenvalue weighted by atomic mass is 16.2. The summed E-state index contributed by atoms with van der Waals surface area (Å²) in [4.78, 5) is 41.8. The van der Waals surface area contributed by atoms with Gasteiger partial charge >= 0.3 is 6.03 Å². The summed E-state index contributed by atoms with van der Waals surface area (Å²) in [6.45, 7) is 3.87. The number of hydrogen-bond donors (Lipinski definition) is 2. The molecule has 0 saturated carbocycles. The van der Waals surface area contributed by atoms with E-state index in [0.717, 1.165) is 10.5 Å². The largest absolute Gasteiger partial charge is 0.325 e. The van der Waals surface area contributed by atoms with Gasteiger partial charge in [-0.2, -0.15) is 5.10 Å². The summed E-state index contributed by atoms with van der Waals surface area (Å²) in [6.07, 6.45) is 6.10. The third kappa shape index (κ3) is 3.81. The molecule has 1 aliphatic rings. The van der Waals surface area contributed by atoms with Crippen LogP contribution in [0.1, 0.15) is 32.3 Å². The summed E-state index contributed by atoms with van der Waals surface area (Å²) in [5.41, 5.74) is 0.115. The number of nitrogens with one attached hydrogen (secondary N) is 2. The molecule has 2 aromatic rings. The molecule has 0 aliphatic carbocycles. The number of amides is 4. The molecule has 3 rings (SSSR count). The fourth-order valence-corrected chi connectivity index (χ4v) is 3.07. The van der Waals surface area contributed by atoms with Crippen molar-refractivity contribution in [2.75, 3.05) is 11.9 Å². The van der Waals surface area contributed by atoms with Gasteiger partial charge in [-0.15, -0.1) is 0 Å². The zero-order valence-electron chi connectivity index (χ0n) is 15.3. The van der Waals surface area contributed by atoms with Gasteiger partial charge in [0, 0.05) is 24.7 Å². The number of imide groups is 1. The van der Waals surface area contributed by atoms with E-state index in [-0.39, 0.29) is 12.5 Å². The third-order valence-corrected chi connectivity index (χ3v) is 4.76. The van der Waals surface area contributed by atoms with E-state index in [0.29, 0.717) is 25.2 Å². The zero-order valence-corrected chi connectivity index (χ0v) is 15.3. The first-order valence-corrected chi connectivity index (χ1v) is 8.83. The summed E-state index contributed by atoms with van der Waals surface area (Å²) in [6, 6.07) is 4.88. The fraction of sp³-hybridized carbons (Fsp3) is 0.389. The second-order valence-corrected chi connectivity index (χ2v) is 6.41. The minimum absolute atomic E-state index is 0.344. The van der Waals surface area contributed by atoms with Crippen LogP contribution in [0.4, 0.5) is 10.6 Å². The summed E-state index contributed by atoms with van der Waals surface area (Å²) in [5, 5.41) is 9.60. The molecule has 1 aliphatic heterocycles. The zero-order chi connectivity index (χ0) is 19.4. The van der Waals surface area contributed by atoms with Crippen LogP contribution in [-0.4, -0.2) is 49.6 Å². The number of urea groups is 1. The van der Waals surface area contributed by atoms with E-state index in [4.69, 9.17) is 0 Å². The molecule has 1 fully saturated rings. The Morgan fingerprint density at radius 2 is 1.89 bits per heavy atom. The average molecular weight is 370 g/mol. The normalized spacial score (nSPS) is 15.7. The van der Waals surface area contributed by atoms with Crippen LogP contribution in [-0.2, 0) is 16.1 Å². The summed E-state index contributed by atoms with van der Waals surface area (Å²) in [5.74, 6) is -0.482. The average Bonchev–Trinajstić information content (AvgIpc) is 3.20. The first kappa shape index (κ1) is 18.6. The Kier molecular flexibility index (Phi) is 5.20. The van der Waals surface area contributed by atoms with Crippen molar-refractivity contribution < 1.29 is 14.4 Å². The number of nitrogens with zero attached hydrogens (tertiary/aromatic N) is 4. The summed E-state index contributed by atoms with van der Waals surface area (Å²) < 4.78 is 1.68. The fourth-order valence-electron chi connectivity index (χ4n) is 3.07. The standard InChI is InChI=1S/C18H22N6O3/c1-3-18(4-2)16(26)24(17(27)21-18)12-15(25)20-14-7-10-23(22-14)11-13-5-8-19-9-6-13/h5-10H,3-4,11-12H2,1-2H3,(H,21,27)(H,20,22,25). The molecule has 1 saturated heterocycles. The van der Waals surface area contributed by atoms with Gasteiger partial charge in [0.05, 0.1) is 6.54 Å². The van der Waals surface area contributed by atoms with E-state index in [1.54, 1.807) is 29.3 Å². The number of rotatable bonds is 7. The first-order valence-electron chi connectivity index (χ1n) is 8.83. The number of carbonyl (C=O) groups excluding carboxylic acids is 3. The molecule has 0 aromatic carbocycles. The number of hydrogen-bond acceptors (Lipinski definition) is 5. The lowest BCUT2D eigenvalue weighted by atomic mass is 9.93.